The number of aryl methyl sites for hydroxylation is 2. The van der Waals surface area contributed by atoms with Gasteiger partial charge in [-0.15, -0.1) is 0 Å². The minimum atomic E-state index is 0.110. The predicted molar refractivity (Wildman–Crippen MR) is 149 cm³/mol. The molecule has 2 atom stereocenters. The van der Waals surface area contributed by atoms with E-state index < -0.39 is 0 Å². The first-order valence-electron chi connectivity index (χ1n) is 13.2. The van der Waals surface area contributed by atoms with Gasteiger partial charge in [0.25, 0.3) is 5.91 Å². The highest BCUT2D eigenvalue weighted by atomic mass is 16.5. The number of phenols is 1. The lowest BCUT2D eigenvalue weighted by Crippen LogP contribution is -2.39. The quantitative estimate of drug-likeness (QED) is 0.390. The number of hydrogen-bond donors (Lipinski definition) is 1. The van der Waals surface area contributed by atoms with E-state index in [1.165, 1.54) is 11.1 Å². The summed E-state index contributed by atoms with van der Waals surface area (Å²) in [6.07, 6.45) is 0. The van der Waals surface area contributed by atoms with E-state index in [0.29, 0.717) is 23.5 Å². The third kappa shape index (κ3) is 6.53. The van der Waals surface area contributed by atoms with Gasteiger partial charge in [0.15, 0.2) is 11.5 Å². The number of carbonyl (C=O) groups excluding carboxylic acids is 1. The standard InChI is InChI=1S/C32H40N2O3/c1-22(2)17-34(32(36)26-13-10-23(3)11-14-26)20-27-19-33(18-25-12-15-30(35)31(16-25)37-5)21-29(27)28-9-7-6-8-24(28)4/h6-16,22,27,29,35H,17-21H2,1-5H3. The fraction of sp³-hybridized carbons (Fsp3) is 0.406. The maximum Gasteiger partial charge on any atom is 0.253 e. The lowest BCUT2D eigenvalue weighted by molar-refractivity contribution is 0.0703. The highest BCUT2D eigenvalue weighted by molar-refractivity contribution is 5.94. The van der Waals surface area contributed by atoms with Crippen LogP contribution in [-0.2, 0) is 6.54 Å². The normalized spacial score (nSPS) is 17.8. The first-order valence-corrected chi connectivity index (χ1v) is 13.2. The fourth-order valence-corrected chi connectivity index (χ4v) is 5.55. The fourth-order valence-electron chi connectivity index (χ4n) is 5.55. The van der Waals surface area contributed by atoms with E-state index in [9.17, 15) is 9.90 Å². The number of nitrogens with zero attached hydrogens (tertiary/aromatic N) is 2. The number of ether oxygens (including phenoxy) is 1. The van der Waals surface area contributed by atoms with Gasteiger partial charge in [0.1, 0.15) is 0 Å². The number of benzene rings is 3. The molecule has 0 spiro atoms. The Hall–Kier alpha value is -3.31. The van der Waals surface area contributed by atoms with Gasteiger partial charge < -0.3 is 14.7 Å². The van der Waals surface area contributed by atoms with Crippen LogP contribution in [0.5, 0.6) is 11.5 Å². The van der Waals surface area contributed by atoms with E-state index in [1.807, 2.05) is 43.3 Å². The van der Waals surface area contributed by atoms with E-state index >= 15 is 0 Å². The summed E-state index contributed by atoms with van der Waals surface area (Å²) in [6, 6.07) is 22.1. The summed E-state index contributed by atoms with van der Waals surface area (Å²) in [5.41, 5.74) is 5.68. The summed E-state index contributed by atoms with van der Waals surface area (Å²) in [5.74, 6) is 1.79. The van der Waals surface area contributed by atoms with Crippen molar-refractivity contribution in [1.29, 1.82) is 0 Å². The molecule has 0 aromatic heterocycles. The second-order valence-electron chi connectivity index (χ2n) is 10.9. The smallest absolute Gasteiger partial charge is 0.253 e. The number of carbonyl (C=O) groups is 1. The molecule has 1 heterocycles. The van der Waals surface area contributed by atoms with Gasteiger partial charge in [0, 0.05) is 44.2 Å². The molecular weight excluding hydrogens is 460 g/mol. The van der Waals surface area contributed by atoms with Crippen molar-refractivity contribution in [2.24, 2.45) is 11.8 Å². The van der Waals surface area contributed by atoms with E-state index in [0.717, 1.165) is 49.4 Å². The molecule has 1 N–H and O–H groups in total. The predicted octanol–water partition coefficient (Wildman–Crippen LogP) is 6.03. The van der Waals surface area contributed by atoms with Crippen molar-refractivity contribution >= 4 is 5.91 Å². The largest absolute Gasteiger partial charge is 0.504 e. The van der Waals surface area contributed by atoms with Crippen molar-refractivity contribution < 1.29 is 14.6 Å². The van der Waals surface area contributed by atoms with Crippen molar-refractivity contribution in [3.05, 3.63) is 94.5 Å². The molecule has 1 amide bonds. The monoisotopic (exact) mass is 500 g/mol. The van der Waals surface area contributed by atoms with Crippen molar-refractivity contribution in [2.75, 3.05) is 33.3 Å². The van der Waals surface area contributed by atoms with Crippen molar-refractivity contribution in [2.45, 2.75) is 40.2 Å². The molecule has 2 unspecified atom stereocenters. The lowest BCUT2D eigenvalue weighted by atomic mass is 9.86. The molecule has 4 rings (SSSR count). The van der Waals surface area contributed by atoms with E-state index in [1.54, 1.807) is 13.2 Å². The molecular formula is C32H40N2O3. The Morgan fingerprint density at radius 3 is 2.46 bits per heavy atom. The molecule has 0 radical (unpaired) electrons. The zero-order valence-corrected chi connectivity index (χ0v) is 22.8. The average molecular weight is 501 g/mol. The zero-order valence-electron chi connectivity index (χ0n) is 22.8. The minimum Gasteiger partial charge on any atom is -0.504 e. The maximum absolute atomic E-state index is 13.6. The van der Waals surface area contributed by atoms with E-state index in [2.05, 4.69) is 54.8 Å². The number of amides is 1. The Morgan fingerprint density at radius 1 is 1.05 bits per heavy atom. The zero-order chi connectivity index (χ0) is 26.5. The first-order chi connectivity index (χ1) is 17.7. The summed E-state index contributed by atoms with van der Waals surface area (Å²) in [6.45, 7) is 12.6. The second-order valence-corrected chi connectivity index (χ2v) is 10.9. The van der Waals surface area contributed by atoms with Crippen LogP contribution in [0.25, 0.3) is 0 Å². The van der Waals surface area contributed by atoms with Crippen molar-refractivity contribution in [1.82, 2.24) is 9.80 Å². The van der Waals surface area contributed by atoms with Crippen molar-refractivity contribution in [3.8, 4) is 11.5 Å². The number of methoxy groups -OCH3 is 1. The van der Waals surface area contributed by atoms with Crippen LogP contribution in [-0.4, -0.2) is 54.1 Å². The third-order valence-electron chi connectivity index (χ3n) is 7.38. The number of hydrogen-bond acceptors (Lipinski definition) is 4. The van der Waals surface area contributed by atoms with Crippen LogP contribution in [0, 0.1) is 25.7 Å². The summed E-state index contributed by atoms with van der Waals surface area (Å²) in [4.78, 5) is 18.2. The highest BCUT2D eigenvalue weighted by Gasteiger charge is 2.36. The Morgan fingerprint density at radius 2 is 1.78 bits per heavy atom. The van der Waals surface area contributed by atoms with Crippen molar-refractivity contribution in [3.63, 3.8) is 0 Å². The van der Waals surface area contributed by atoms with Gasteiger partial charge in [-0.2, -0.15) is 0 Å². The Bertz CT molecular complexity index is 1200. The SMILES string of the molecule is COc1cc(CN2CC(CN(CC(C)C)C(=O)c3ccc(C)cc3)C(c3ccccc3C)C2)ccc1O. The molecule has 1 fully saturated rings. The highest BCUT2D eigenvalue weighted by Crippen LogP contribution is 2.37. The summed E-state index contributed by atoms with van der Waals surface area (Å²) in [5, 5.41) is 10.0. The van der Waals surface area contributed by atoms with Crippen LogP contribution in [0.1, 0.15) is 52.4 Å². The molecule has 1 aliphatic heterocycles. The summed E-state index contributed by atoms with van der Waals surface area (Å²) < 4.78 is 5.33. The molecule has 1 saturated heterocycles. The summed E-state index contributed by atoms with van der Waals surface area (Å²) >= 11 is 0. The maximum atomic E-state index is 13.6. The molecule has 0 bridgehead atoms. The van der Waals surface area contributed by atoms with Gasteiger partial charge >= 0.3 is 0 Å². The lowest BCUT2D eigenvalue weighted by Gasteiger charge is -2.30. The third-order valence-corrected chi connectivity index (χ3v) is 7.38. The Labute approximate surface area is 221 Å². The Kier molecular flexibility index (Phi) is 8.55. The van der Waals surface area contributed by atoms with Gasteiger partial charge in [0.2, 0.25) is 0 Å². The molecule has 1 aliphatic rings. The van der Waals surface area contributed by atoms with Gasteiger partial charge in [-0.1, -0.05) is 61.9 Å². The first kappa shape index (κ1) is 26.7. The van der Waals surface area contributed by atoms with Crippen LogP contribution in [0.3, 0.4) is 0 Å². The van der Waals surface area contributed by atoms with Crippen LogP contribution >= 0.6 is 0 Å². The van der Waals surface area contributed by atoms with Gasteiger partial charge in [-0.05, 0) is 66.6 Å². The summed E-state index contributed by atoms with van der Waals surface area (Å²) in [7, 11) is 1.58. The van der Waals surface area contributed by atoms with E-state index in [4.69, 9.17) is 4.74 Å². The van der Waals surface area contributed by atoms with Crippen LogP contribution < -0.4 is 4.74 Å². The van der Waals surface area contributed by atoms with Gasteiger partial charge in [0.05, 0.1) is 7.11 Å². The van der Waals surface area contributed by atoms with Crippen LogP contribution in [0.4, 0.5) is 0 Å². The molecule has 5 nitrogen and oxygen atoms in total. The molecule has 3 aromatic carbocycles. The molecule has 196 valence electrons. The van der Waals surface area contributed by atoms with E-state index in [-0.39, 0.29) is 11.7 Å². The molecule has 0 saturated carbocycles. The average Bonchev–Trinajstić information content (AvgIpc) is 3.26. The second kappa shape index (κ2) is 11.8. The molecule has 0 aliphatic carbocycles. The van der Waals surface area contributed by atoms with Gasteiger partial charge in [-0.3, -0.25) is 9.69 Å². The number of likely N-dealkylation sites (tertiary alicyclic amines) is 1. The van der Waals surface area contributed by atoms with Crippen LogP contribution in [0.15, 0.2) is 66.7 Å². The topological polar surface area (TPSA) is 53.0 Å². The number of phenolic OH excluding ortho intramolecular Hbond substituents is 1. The minimum absolute atomic E-state index is 0.110. The molecule has 5 heteroatoms. The number of aromatic hydroxyl groups is 1. The Balaban J connectivity index is 1.60. The molecule has 37 heavy (non-hydrogen) atoms. The van der Waals surface area contributed by atoms with Crippen LogP contribution in [0.2, 0.25) is 0 Å². The molecule has 3 aromatic rings. The van der Waals surface area contributed by atoms with Gasteiger partial charge in [-0.25, -0.2) is 0 Å². The number of rotatable bonds is 9.